The van der Waals surface area contributed by atoms with Crippen LogP contribution in [0.3, 0.4) is 0 Å². The van der Waals surface area contributed by atoms with Crippen molar-refractivity contribution >= 4 is 0 Å². The average molecular weight is 325 g/mol. The molecular weight excluding hydrogens is 298 g/mol. The number of aliphatic hydroxyl groups is 1. The van der Waals surface area contributed by atoms with Crippen molar-refractivity contribution in [1.82, 2.24) is 14.9 Å². The van der Waals surface area contributed by atoms with Gasteiger partial charge in [0.1, 0.15) is 0 Å². The maximum atomic E-state index is 9.39. The van der Waals surface area contributed by atoms with Crippen LogP contribution in [-0.4, -0.2) is 39.2 Å². The van der Waals surface area contributed by atoms with Crippen molar-refractivity contribution in [2.45, 2.75) is 51.6 Å². The molecule has 1 aromatic heterocycles. The number of nitrogens with zero attached hydrogens (tertiary/aromatic N) is 3. The summed E-state index contributed by atoms with van der Waals surface area (Å²) in [5.41, 5.74) is 3.39. The van der Waals surface area contributed by atoms with Crippen LogP contribution in [0.4, 0.5) is 0 Å². The molecule has 0 radical (unpaired) electrons. The third-order valence-electron chi connectivity index (χ3n) is 4.85. The van der Waals surface area contributed by atoms with Crippen molar-refractivity contribution < 1.29 is 5.11 Å². The van der Waals surface area contributed by atoms with E-state index < -0.39 is 0 Å². The van der Waals surface area contributed by atoms with Crippen LogP contribution in [0.5, 0.6) is 0 Å². The fourth-order valence-corrected chi connectivity index (χ4v) is 3.57. The van der Waals surface area contributed by atoms with Crippen molar-refractivity contribution in [2.24, 2.45) is 0 Å². The Hall–Kier alpha value is -1.78. The minimum atomic E-state index is 0.207. The average Bonchev–Trinajstić information content (AvgIpc) is 2.63. The van der Waals surface area contributed by atoms with Crippen LogP contribution < -0.4 is 0 Å². The number of aromatic nitrogens is 2. The highest BCUT2D eigenvalue weighted by molar-refractivity contribution is 5.55. The first-order valence-corrected chi connectivity index (χ1v) is 8.99. The predicted molar refractivity (Wildman–Crippen MR) is 96.6 cm³/mol. The summed E-state index contributed by atoms with van der Waals surface area (Å²) < 4.78 is 0. The first kappa shape index (κ1) is 17.1. The molecule has 0 bridgehead atoms. The van der Waals surface area contributed by atoms with Gasteiger partial charge in [-0.15, -0.1) is 0 Å². The van der Waals surface area contributed by atoms with Gasteiger partial charge in [0.2, 0.25) is 0 Å². The van der Waals surface area contributed by atoms with E-state index >= 15 is 0 Å². The zero-order valence-corrected chi connectivity index (χ0v) is 14.5. The van der Waals surface area contributed by atoms with E-state index in [0.29, 0.717) is 6.04 Å². The number of rotatable bonds is 6. The van der Waals surface area contributed by atoms with Gasteiger partial charge >= 0.3 is 0 Å². The van der Waals surface area contributed by atoms with E-state index in [1.54, 1.807) is 0 Å². The molecule has 0 amide bonds. The van der Waals surface area contributed by atoms with Gasteiger partial charge < -0.3 is 5.11 Å². The van der Waals surface area contributed by atoms with Crippen molar-refractivity contribution in [2.75, 3.05) is 13.2 Å². The fourth-order valence-electron chi connectivity index (χ4n) is 3.57. The first-order chi connectivity index (χ1) is 11.8. The lowest BCUT2D eigenvalue weighted by Crippen LogP contribution is -2.38. The molecule has 4 nitrogen and oxygen atoms in total. The highest BCUT2D eigenvalue weighted by Crippen LogP contribution is 2.24. The normalized spacial score (nSPS) is 15.8. The monoisotopic (exact) mass is 325 g/mol. The Morgan fingerprint density at radius 2 is 1.88 bits per heavy atom. The van der Waals surface area contributed by atoms with E-state index in [1.165, 1.54) is 37.7 Å². The molecule has 2 aromatic rings. The Kier molecular flexibility index (Phi) is 5.94. The second-order valence-electron chi connectivity index (χ2n) is 6.77. The van der Waals surface area contributed by atoms with Crippen molar-refractivity contribution in [3.63, 3.8) is 0 Å². The molecule has 128 valence electrons. The Morgan fingerprint density at radius 1 is 1.12 bits per heavy atom. The zero-order chi connectivity index (χ0) is 16.8. The van der Waals surface area contributed by atoms with Gasteiger partial charge in [0.15, 0.2) is 5.82 Å². The molecule has 24 heavy (non-hydrogen) atoms. The maximum absolute atomic E-state index is 9.39. The number of benzene rings is 1. The van der Waals surface area contributed by atoms with E-state index in [0.717, 1.165) is 30.0 Å². The van der Waals surface area contributed by atoms with Gasteiger partial charge in [-0.1, -0.05) is 43.0 Å². The number of aliphatic hydroxyl groups excluding tert-OH is 1. The summed E-state index contributed by atoms with van der Waals surface area (Å²) in [4.78, 5) is 11.5. The summed E-state index contributed by atoms with van der Waals surface area (Å²) in [5.74, 6) is 0.772. The van der Waals surface area contributed by atoms with Crippen LogP contribution in [0.1, 0.15) is 43.2 Å². The number of hydrogen-bond donors (Lipinski definition) is 1. The molecule has 0 atom stereocenters. The minimum Gasteiger partial charge on any atom is -0.395 e. The van der Waals surface area contributed by atoms with Gasteiger partial charge in [-0.3, -0.25) is 4.90 Å². The Bertz CT molecular complexity index is 636. The lowest BCUT2D eigenvalue weighted by atomic mass is 9.94. The lowest BCUT2D eigenvalue weighted by Gasteiger charge is -2.33. The minimum absolute atomic E-state index is 0.207. The zero-order valence-electron chi connectivity index (χ0n) is 14.5. The molecule has 3 rings (SSSR count). The van der Waals surface area contributed by atoms with Gasteiger partial charge in [0.25, 0.3) is 0 Å². The van der Waals surface area contributed by atoms with Crippen molar-refractivity contribution in [3.05, 3.63) is 47.8 Å². The Labute approximate surface area is 144 Å². The predicted octanol–water partition coefficient (Wildman–Crippen LogP) is 3.58. The third kappa shape index (κ3) is 4.40. The summed E-state index contributed by atoms with van der Waals surface area (Å²) in [5, 5.41) is 9.39. The molecule has 1 aromatic carbocycles. The molecule has 1 aliphatic carbocycles. The number of hydrogen-bond acceptors (Lipinski definition) is 4. The first-order valence-electron chi connectivity index (χ1n) is 8.99. The van der Waals surface area contributed by atoms with Crippen LogP contribution in [-0.2, 0) is 6.54 Å². The Balaban J connectivity index is 1.69. The molecule has 1 saturated carbocycles. The summed E-state index contributed by atoms with van der Waals surface area (Å²) in [6.07, 6.45) is 10.3. The summed E-state index contributed by atoms with van der Waals surface area (Å²) >= 11 is 0. The van der Waals surface area contributed by atoms with E-state index in [4.69, 9.17) is 0 Å². The largest absolute Gasteiger partial charge is 0.395 e. The van der Waals surface area contributed by atoms with Crippen molar-refractivity contribution in [3.8, 4) is 11.4 Å². The van der Waals surface area contributed by atoms with Crippen molar-refractivity contribution in [1.29, 1.82) is 0 Å². The van der Waals surface area contributed by atoms with Crippen LogP contribution in [0, 0.1) is 6.92 Å². The van der Waals surface area contributed by atoms with Gasteiger partial charge in [-0.2, -0.15) is 0 Å². The summed E-state index contributed by atoms with van der Waals surface area (Å²) in [6, 6.07) is 8.85. The molecule has 0 aliphatic heterocycles. The van der Waals surface area contributed by atoms with Crippen LogP contribution in [0.2, 0.25) is 0 Å². The van der Waals surface area contributed by atoms with E-state index in [-0.39, 0.29) is 6.61 Å². The second kappa shape index (κ2) is 8.36. The lowest BCUT2D eigenvalue weighted by molar-refractivity contribution is 0.117. The van der Waals surface area contributed by atoms with Gasteiger partial charge in [-0.05, 0) is 25.8 Å². The topological polar surface area (TPSA) is 49.2 Å². The molecule has 0 unspecified atom stereocenters. The second-order valence-corrected chi connectivity index (χ2v) is 6.77. The van der Waals surface area contributed by atoms with E-state index in [9.17, 15) is 5.11 Å². The quantitative estimate of drug-likeness (QED) is 0.882. The molecule has 0 saturated heterocycles. The van der Waals surface area contributed by atoms with E-state index in [2.05, 4.69) is 33.9 Å². The maximum Gasteiger partial charge on any atom is 0.159 e. The summed E-state index contributed by atoms with van der Waals surface area (Å²) in [6.45, 7) is 3.83. The highest BCUT2D eigenvalue weighted by atomic mass is 16.3. The standard InChI is InChI=1S/C20H27N3O/c1-16-6-5-7-18(12-16)20-21-13-17(14-22-20)15-23(10-11-24)19-8-3-2-4-9-19/h5-7,12-14,19,24H,2-4,8-11,15H2,1H3. The summed E-state index contributed by atoms with van der Waals surface area (Å²) in [7, 11) is 0. The van der Waals surface area contributed by atoms with Crippen LogP contribution in [0.25, 0.3) is 11.4 Å². The van der Waals surface area contributed by atoms with E-state index in [1.807, 2.05) is 24.5 Å². The third-order valence-corrected chi connectivity index (χ3v) is 4.85. The molecule has 1 fully saturated rings. The molecule has 1 N–H and O–H groups in total. The molecule has 4 heteroatoms. The SMILES string of the molecule is Cc1cccc(-c2ncc(CN(CCO)C3CCCCC3)cn2)c1. The molecule has 0 spiro atoms. The van der Waals surface area contributed by atoms with Crippen LogP contribution >= 0.6 is 0 Å². The molecule has 1 aliphatic rings. The highest BCUT2D eigenvalue weighted by Gasteiger charge is 2.21. The molecule has 1 heterocycles. The van der Waals surface area contributed by atoms with Crippen LogP contribution in [0.15, 0.2) is 36.7 Å². The van der Waals surface area contributed by atoms with Gasteiger partial charge in [0, 0.05) is 42.7 Å². The van der Waals surface area contributed by atoms with Gasteiger partial charge in [-0.25, -0.2) is 9.97 Å². The fraction of sp³-hybridized carbons (Fsp3) is 0.500. The smallest absolute Gasteiger partial charge is 0.159 e. The van der Waals surface area contributed by atoms with Gasteiger partial charge in [0.05, 0.1) is 6.61 Å². The Morgan fingerprint density at radius 3 is 2.54 bits per heavy atom. The number of aryl methyl sites for hydroxylation is 1. The molecular formula is C20H27N3O.